The van der Waals surface area contributed by atoms with Gasteiger partial charge in [0.15, 0.2) is 29.1 Å². The Morgan fingerprint density at radius 2 is 0.696 bits per heavy atom. The van der Waals surface area contributed by atoms with Gasteiger partial charge in [-0.1, -0.05) is 168 Å². The van der Waals surface area contributed by atoms with Crippen molar-refractivity contribution >= 4 is 70.6 Å². The van der Waals surface area contributed by atoms with Gasteiger partial charge in [-0.15, -0.1) is 0 Å². The van der Waals surface area contributed by atoms with Crippen LogP contribution in [0.15, 0.2) is 158 Å². The van der Waals surface area contributed by atoms with Gasteiger partial charge in [0, 0.05) is 48.3 Å². The smallest absolute Gasteiger partial charge is 0.423 e. The van der Waals surface area contributed by atoms with E-state index in [1.807, 2.05) is 121 Å². The number of aromatic nitrogens is 6. The maximum atomic E-state index is 8.74. The highest BCUT2D eigenvalue weighted by Crippen LogP contribution is 2.31. The van der Waals surface area contributed by atoms with E-state index in [0.717, 1.165) is 22.3 Å². The lowest BCUT2D eigenvalue weighted by Crippen LogP contribution is -2.30. The largest absolute Gasteiger partial charge is 0.490 e. The number of hydrogen-bond acceptors (Lipinski definition) is 8. The highest BCUT2D eigenvalue weighted by Gasteiger charge is 2.16. The van der Waals surface area contributed by atoms with E-state index >= 15 is 0 Å². The Kier molecular flexibility index (Phi) is 14.1. The molecule has 0 unspecified atom stereocenters. The molecule has 2 N–H and O–H groups in total. The van der Waals surface area contributed by atoms with E-state index in [9.17, 15) is 0 Å². The Hall–Kier alpha value is -5.23. The van der Waals surface area contributed by atoms with E-state index in [4.69, 9.17) is 68.1 Å². The zero-order valence-corrected chi connectivity index (χ0v) is 32.8. The van der Waals surface area contributed by atoms with E-state index < -0.39 is 7.12 Å². The summed E-state index contributed by atoms with van der Waals surface area (Å²) in [5.41, 5.74) is 4.56. The molecule has 0 fully saturated rings. The molecule has 0 spiro atoms. The van der Waals surface area contributed by atoms with Gasteiger partial charge >= 0.3 is 7.12 Å². The second kappa shape index (κ2) is 19.6. The lowest BCUT2D eigenvalue weighted by atomic mass is 9.80. The fourth-order valence-electron chi connectivity index (χ4n) is 5.09. The number of nitrogens with zero attached hydrogens (tertiary/aromatic N) is 6. The molecule has 6 aromatic carbocycles. The molecule has 8 aromatic rings. The van der Waals surface area contributed by atoms with Crippen molar-refractivity contribution in [2.24, 2.45) is 0 Å². The molecule has 0 aliphatic rings. The van der Waals surface area contributed by atoms with E-state index in [1.54, 1.807) is 24.3 Å². The number of rotatable bonds is 6. The van der Waals surface area contributed by atoms with Crippen LogP contribution < -0.4 is 5.46 Å². The molecule has 2 aromatic heterocycles. The minimum atomic E-state index is -1.57. The van der Waals surface area contributed by atoms with Crippen molar-refractivity contribution in [3.63, 3.8) is 0 Å². The first-order chi connectivity index (χ1) is 27.1. The van der Waals surface area contributed by atoms with Gasteiger partial charge < -0.3 is 10.0 Å². The number of halogens is 5. The van der Waals surface area contributed by atoms with Gasteiger partial charge in [0.25, 0.3) is 0 Å². The number of benzene rings is 6. The molecule has 2 heterocycles. The first-order valence-electron chi connectivity index (χ1n) is 16.8. The van der Waals surface area contributed by atoms with Crippen molar-refractivity contribution in [3.05, 3.63) is 183 Å². The van der Waals surface area contributed by atoms with Crippen LogP contribution >= 0.6 is 58.0 Å². The first-order valence-corrected chi connectivity index (χ1v) is 18.7. The Balaban J connectivity index is 0.000000155. The van der Waals surface area contributed by atoms with Crippen molar-refractivity contribution in [2.75, 3.05) is 0 Å². The van der Waals surface area contributed by atoms with Crippen LogP contribution in [-0.4, -0.2) is 47.1 Å². The minimum Gasteiger partial charge on any atom is -0.423 e. The molecule has 0 saturated carbocycles. The van der Waals surface area contributed by atoms with E-state index in [1.165, 1.54) is 12.1 Å². The van der Waals surface area contributed by atoms with Gasteiger partial charge in [-0.3, -0.25) is 0 Å². The van der Waals surface area contributed by atoms with E-state index in [-0.39, 0.29) is 10.7 Å². The van der Waals surface area contributed by atoms with Crippen molar-refractivity contribution in [3.8, 4) is 56.9 Å². The summed E-state index contributed by atoms with van der Waals surface area (Å²) in [5.74, 6) is 2.83. The van der Waals surface area contributed by atoms with Crippen LogP contribution in [-0.2, 0) is 0 Å². The minimum absolute atomic E-state index is 0.202. The molecule has 0 atom stereocenters. The highest BCUT2D eigenvalue weighted by atomic mass is 35.5. The predicted octanol–water partition coefficient (Wildman–Crippen LogP) is 10.7. The standard InChI is InChI=1S/C21H13Cl2N3.C15H10ClN3.C6H5BCl2O2/c22-16-11-12-18(23)17(13-16)21-25-19(14-7-3-1-4-8-14)24-20(26-21)15-9-5-2-6-10-15;16-15-18-13(11-7-3-1-4-8-11)17-14(19-15)12-9-5-2-6-10-12;8-4-1-2-6(9)5(3-4)7(10)11/h1-13H;1-10H;1-3,10-11H. The molecule has 0 saturated heterocycles. The summed E-state index contributed by atoms with van der Waals surface area (Å²) in [6, 6.07) is 48.8. The van der Waals surface area contributed by atoms with Crippen molar-refractivity contribution in [1.82, 2.24) is 29.9 Å². The third-order valence-electron chi connectivity index (χ3n) is 7.78. The molecular weight excluding hydrogens is 809 g/mol. The highest BCUT2D eigenvalue weighted by molar-refractivity contribution is 6.63. The van der Waals surface area contributed by atoms with E-state index in [2.05, 4.69) is 29.9 Å². The first kappa shape index (κ1) is 40.4. The van der Waals surface area contributed by atoms with Crippen LogP contribution in [0.5, 0.6) is 0 Å². The molecule has 0 aliphatic heterocycles. The van der Waals surface area contributed by atoms with Gasteiger partial charge in [-0.25, -0.2) is 19.9 Å². The molecule has 0 aliphatic carbocycles. The van der Waals surface area contributed by atoms with Crippen LogP contribution in [0.2, 0.25) is 25.4 Å². The summed E-state index contributed by atoms with van der Waals surface area (Å²) < 4.78 is 0. The summed E-state index contributed by atoms with van der Waals surface area (Å²) in [7, 11) is -1.57. The molecule has 0 radical (unpaired) electrons. The van der Waals surface area contributed by atoms with Crippen LogP contribution in [0.4, 0.5) is 0 Å². The molecule has 56 heavy (non-hydrogen) atoms. The maximum Gasteiger partial charge on any atom is 0.490 e. The van der Waals surface area contributed by atoms with Crippen LogP contribution in [0.1, 0.15) is 0 Å². The summed E-state index contributed by atoms with van der Waals surface area (Å²) in [4.78, 5) is 26.7. The van der Waals surface area contributed by atoms with Gasteiger partial charge in [0.1, 0.15) is 0 Å². The Labute approximate surface area is 348 Å². The predicted molar refractivity (Wildman–Crippen MR) is 228 cm³/mol. The van der Waals surface area contributed by atoms with Crippen LogP contribution in [0.3, 0.4) is 0 Å². The van der Waals surface area contributed by atoms with Gasteiger partial charge in [0.2, 0.25) is 5.28 Å². The quantitative estimate of drug-likeness (QED) is 0.159. The molecule has 8 rings (SSSR count). The van der Waals surface area contributed by atoms with Crippen molar-refractivity contribution < 1.29 is 10.0 Å². The zero-order valence-electron chi connectivity index (χ0n) is 29.1. The SMILES string of the molecule is Clc1ccc(Cl)c(-c2nc(-c3ccccc3)nc(-c3ccccc3)n2)c1.Clc1nc(-c2ccccc2)nc(-c2ccccc2)n1.OB(O)c1cc(Cl)ccc1Cl. The second-order valence-corrected chi connectivity index (χ2v) is 13.7. The van der Waals surface area contributed by atoms with Gasteiger partial charge in [-0.2, -0.15) is 9.97 Å². The number of hydrogen-bond donors (Lipinski definition) is 2. The summed E-state index contributed by atoms with van der Waals surface area (Å²) >= 11 is 29.7. The molecule has 276 valence electrons. The average molecular weight is 837 g/mol. The third-order valence-corrected chi connectivity index (χ3v) is 9.09. The van der Waals surface area contributed by atoms with Crippen molar-refractivity contribution in [1.29, 1.82) is 0 Å². The Morgan fingerprint density at radius 3 is 1.07 bits per heavy atom. The molecule has 0 amide bonds. The lowest BCUT2D eigenvalue weighted by Gasteiger charge is -2.09. The third kappa shape index (κ3) is 11.0. The van der Waals surface area contributed by atoms with Crippen LogP contribution in [0, 0.1) is 0 Å². The summed E-state index contributed by atoms with van der Waals surface area (Å²) in [6.07, 6.45) is 0. The van der Waals surface area contributed by atoms with Gasteiger partial charge in [-0.05, 0) is 48.0 Å². The van der Waals surface area contributed by atoms with E-state index in [0.29, 0.717) is 54.8 Å². The maximum absolute atomic E-state index is 8.74. The molecule has 8 nitrogen and oxygen atoms in total. The Morgan fingerprint density at radius 1 is 0.357 bits per heavy atom. The monoisotopic (exact) mass is 834 g/mol. The van der Waals surface area contributed by atoms with Gasteiger partial charge in [0.05, 0.1) is 5.02 Å². The second-order valence-electron chi connectivity index (χ2n) is 11.7. The topological polar surface area (TPSA) is 118 Å². The molecule has 14 heteroatoms. The van der Waals surface area contributed by atoms with Crippen molar-refractivity contribution in [2.45, 2.75) is 0 Å². The lowest BCUT2D eigenvalue weighted by molar-refractivity contribution is 0.426. The molecule has 0 bridgehead atoms. The summed E-state index contributed by atoms with van der Waals surface area (Å²) in [5, 5.41) is 19.5. The Bertz CT molecular complexity index is 2410. The average Bonchev–Trinajstić information content (AvgIpc) is 3.24. The zero-order chi connectivity index (χ0) is 39.4. The normalized spacial score (nSPS) is 10.4. The fraction of sp³-hybridized carbons (Fsp3) is 0. The fourth-order valence-corrected chi connectivity index (χ4v) is 6.02. The molecular formula is C42H28BCl5N6O2. The van der Waals surface area contributed by atoms with Crippen LogP contribution in [0.25, 0.3) is 56.9 Å². The summed E-state index contributed by atoms with van der Waals surface area (Å²) in [6.45, 7) is 0.